The van der Waals surface area contributed by atoms with Crippen molar-refractivity contribution in [3.05, 3.63) is 28.8 Å². The highest BCUT2D eigenvalue weighted by Crippen LogP contribution is 2.23. The maximum Gasteiger partial charge on any atom is 0.219 e. The van der Waals surface area contributed by atoms with Crippen molar-refractivity contribution in [1.29, 1.82) is 0 Å². The van der Waals surface area contributed by atoms with Crippen molar-refractivity contribution >= 4 is 11.6 Å². The van der Waals surface area contributed by atoms with E-state index in [4.69, 9.17) is 17.3 Å². The van der Waals surface area contributed by atoms with Crippen LogP contribution >= 0.6 is 11.6 Å². The quantitative estimate of drug-likeness (QED) is 0.708. The van der Waals surface area contributed by atoms with Gasteiger partial charge in [-0.1, -0.05) is 11.6 Å². The van der Waals surface area contributed by atoms with E-state index in [0.717, 1.165) is 0 Å². The lowest BCUT2D eigenvalue weighted by atomic mass is 9.98. The summed E-state index contributed by atoms with van der Waals surface area (Å²) >= 11 is 5.60. The zero-order valence-electron chi connectivity index (χ0n) is 7.09. The summed E-state index contributed by atoms with van der Waals surface area (Å²) in [5.74, 6) is -0.750. The highest BCUT2D eigenvalue weighted by Gasteiger charge is 2.25. The first kappa shape index (κ1) is 10.4. The Balaban J connectivity index is 3.20. The monoisotopic (exact) mass is 204 g/mol. The van der Waals surface area contributed by atoms with Crippen LogP contribution in [0.25, 0.3) is 0 Å². The van der Waals surface area contributed by atoms with E-state index < -0.39 is 11.5 Å². The van der Waals surface area contributed by atoms with Gasteiger partial charge in [0.15, 0.2) is 0 Å². The molecule has 1 aromatic heterocycles. The Kier molecular flexibility index (Phi) is 2.85. The summed E-state index contributed by atoms with van der Waals surface area (Å²) in [4.78, 5) is 3.38. The van der Waals surface area contributed by atoms with Gasteiger partial charge in [0.1, 0.15) is 5.60 Å². The Morgan fingerprint density at radius 2 is 2.38 bits per heavy atom. The molecular weight excluding hydrogens is 195 g/mol. The Bertz CT molecular complexity index is 317. The average molecular weight is 205 g/mol. The average Bonchev–Trinajstić information content (AvgIpc) is 2.09. The lowest BCUT2D eigenvalue weighted by Crippen LogP contribution is -2.32. The molecule has 1 aromatic rings. The van der Waals surface area contributed by atoms with Gasteiger partial charge in [0, 0.05) is 18.3 Å². The van der Waals surface area contributed by atoms with E-state index in [1.54, 1.807) is 0 Å². The molecule has 0 fully saturated rings. The van der Waals surface area contributed by atoms with Gasteiger partial charge >= 0.3 is 0 Å². The molecule has 0 aromatic carbocycles. The van der Waals surface area contributed by atoms with Gasteiger partial charge in [0.25, 0.3) is 0 Å². The number of hydrogen-bond acceptors (Lipinski definition) is 3. The Labute approximate surface area is 80.3 Å². The van der Waals surface area contributed by atoms with Crippen molar-refractivity contribution in [2.75, 3.05) is 6.54 Å². The number of aliphatic hydroxyl groups is 1. The van der Waals surface area contributed by atoms with Crippen molar-refractivity contribution in [1.82, 2.24) is 4.98 Å². The zero-order chi connectivity index (χ0) is 10.1. The van der Waals surface area contributed by atoms with Crippen LogP contribution in [0.3, 0.4) is 0 Å². The fourth-order valence-corrected chi connectivity index (χ4v) is 1.07. The summed E-state index contributed by atoms with van der Waals surface area (Å²) < 4.78 is 13.1. The van der Waals surface area contributed by atoms with Crippen LogP contribution in [-0.4, -0.2) is 16.6 Å². The molecule has 0 aliphatic heterocycles. The Morgan fingerprint density at radius 1 is 1.77 bits per heavy atom. The number of rotatable bonds is 2. The van der Waals surface area contributed by atoms with E-state index in [9.17, 15) is 9.50 Å². The van der Waals surface area contributed by atoms with E-state index in [2.05, 4.69) is 4.98 Å². The smallest absolute Gasteiger partial charge is 0.219 e. The van der Waals surface area contributed by atoms with Gasteiger partial charge in [-0.3, -0.25) is 0 Å². The topological polar surface area (TPSA) is 59.1 Å². The van der Waals surface area contributed by atoms with Crippen LogP contribution in [0.4, 0.5) is 4.39 Å². The van der Waals surface area contributed by atoms with Crippen LogP contribution in [0.15, 0.2) is 12.3 Å². The number of nitrogens with zero attached hydrogens (tertiary/aromatic N) is 1. The van der Waals surface area contributed by atoms with Crippen LogP contribution in [-0.2, 0) is 5.60 Å². The molecule has 1 rings (SSSR count). The predicted molar refractivity (Wildman–Crippen MR) is 47.8 cm³/mol. The minimum absolute atomic E-state index is 0.0162. The van der Waals surface area contributed by atoms with E-state index in [0.29, 0.717) is 0 Å². The van der Waals surface area contributed by atoms with Crippen molar-refractivity contribution < 1.29 is 9.50 Å². The number of nitrogens with two attached hydrogens (primary N) is 1. The largest absolute Gasteiger partial charge is 0.384 e. The number of pyridine rings is 1. The molecule has 13 heavy (non-hydrogen) atoms. The molecule has 0 aliphatic rings. The highest BCUT2D eigenvalue weighted by atomic mass is 35.5. The molecule has 1 heterocycles. The second-order valence-corrected chi connectivity index (χ2v) is 3.41. The summed E-state index contributed by atoms with van der Waals surface area (Å²) in [6.45, 7) is 1.31. The highest BCUT2D eigenvalue weighted by molar-refractivity contribution is 6.30. The van der Waals surface area contributed by atoms with Crippen molar-refractivity contribution in [2.45, 2.75) is 12.5 Å². The first-order valence-electron chi connectivity index (χ1n) is 3.71. The maximum atomic E-state index is 13.1. The van der Waals surface area contributed by atoms with Gasteiger partial charge in [0.2, 0.25) is 5.95 Å². The minimum Gasteiger partial charge on any atom is -0.384 e. The fourth-order valence-electron chi connectivity index (χ4n) is 0.910. The maximum absolute atomic E-state index is 13.1. The molecule has 3 nitrogen and oxygen atoms in total. The standard InChI is InChI=1S/C8H10ClFN2O/c1-8(13,4-11)6-2-5(9)3-12-7(6)10/h2-3,13H,4,11H2,1H3. The van der Waals surface area contributed by atoms with Crippen LogP contribution in [0.5, 0.6) is 0 Å². The molecule has 0 aliphatic carbocycles. The Morgan fingerprint density at radius 3 is 2.92 bits per heavy atom. The van der Waals surface area contributed by atoms with E-state index in [1.165, 1.54) is 19.2 Å². The predicted octanol–water partition coefficient (Wildman–Crippen LogP) is 1.04. The van der Waals surface area contributed by atoms with Gasteiger partial charge in [-0.25, -0.2) is 4.98 Å². The van der Waals surface area contributed by atoms with E-state index >= 15 is 0 Å². The van der Waals surface area contributed by atoms with E-state index in [1.807, 2.05) is 0 Å². The van der Waals surface area contributed by atoms with Crippen LogP contribution in [0.2, 0.25) is 5.02 Å². The second kappa shape index (κ2) is 3.57. The summed E-state index contributed by atoms with van der Waals surface area (Å²) in [5, 5.41) is 9.90. The lowest BCUT2D eigenvalue weighted by Gasteiger charge is -2.21. The third-order valence-electron chi connectivity index (χ3n) is 1.78. The fraction of sp³-hybridized carbons (Fsp3) is 0.375. The van der Waals surface area contributed by atoms with Gasteiger partial charge in [-0.05, 0) is 13.0 Å². The Hall–Kier alpha value is -0.710. The lowest BCUT2D eigenvalue weighted by molar-refractivity contribution is 0.0621. The molecule has 5 heteroatoms. The summed E-state index contributed by atoms with van der Waals surface area (Å²) in [5.41, 5.74) is 3.86. The normalized spacial score (nSPS) is 15.5. The molecule has 1 atom stereocenters. The third-order valence-corrected chi connectivity index (χ3v) is 1.99. The van der Waals surface area contributed by atoms with Gasteiger partial charge in [-0.2, -0.15) is 4.39 Å². The number of halogens is 2. The summed E-state index contributed by atoms with van der Waals surface area (Å²) in [7, 11) is 0. The van der Waals surface area contributed by atoms with Gasteiger partial charge in [0.05, 0.1) is 5.02 Å². The number of hydrogen-bond donors (Lipinski definition) is 2. The molecule has 0 saturated carbocycles. The minimum atomic E-state index is -1.43. The first-order valence-corrected chi connectivity index (χ1v) is 4.09. The summed E-state index contributed by atoms with van der Waals surface area (Å²) in [6.07, 6.45) is 1.17. The van der Waals surface area contributed by atoms with E-state index in [-0.39, 0.29) is 17.1 Å². The van der Waals surface area contributed by atoms with Gasteiger partial charge in [-0.15, -0.1) is 0 Å². The van der Waals surface area contributed by atoms with Crippen molar-refractivity contribution in [2.24, 2.45) is 5.73 Å². The van der Waals surface area contributed by atoms with Crippen LogP contribution in [0.1, 0.15) is 12.5 Å². The molecule has 0 saturated heterocycles. The molecular formula is C8H10ClFN2O. The molecule has 3 N–H and O–H groups in total. The third kappa shape index (κ3) is 2.15. The molecule has 0 bridgehead atoms. The number of aromatic nitrogens is 1. The van der Waals surface area contributed by atoms with Crippen LogP contribution < -0.4 is 5.73 Å². The van der Waals surface area contributed by atoms with Crippen molar-refractivity contribution in [3.8, 4) is 0 Å². The molecule has 72 valence electrons. The van der Waals surface area contributed by atoms with Crippen molar-refractivity contribution in [3.63, 3.8) is 0 Å². The molecule has 0 spiro atoms. The van der Waals surface area contributed by atoms with Crippen LogP contribution in [0, 0.1) is 5.95 Å². The summed E-state index contributed by atoms with van der Waals surface area (Å²) in [6, 6.07) is 1.32. The second-order valence-electron chi connectivity index (χ2n) is 2.97. The molecule has 0 amide bonds. The van der Waals surface area contributed by atoms with Gasteiger partial charge < -0.3 is 10.8 Å². The molecule has 1 unspecified atom stereocenters. The first-order chi connectivity index (χ1) is 5.97. The SMILES string of the molecule is CC(O)(CN)c1cc(Cl)cnc1F. The zero-order valence-corrected chi connectivity index (χ0v) is 7.85. The molecule has 0 radical (unpaired) electrons.